The molecule has 2 aromatic carbocycles. The van der Waals surface area contributed by atoms with E-state index in [1.165, 1.54) is 11.1 Å². The number of rotatable bonds is 6. The summed E-state index contributed by atoms with van der Waals surface area (Å²) in [6.07, 6.45) is 3.11. The number of amides is 2. The van der Waals surface area contributed by atoms with Crippen molar-refractivity contribution in [3.8, 4) is 5.75 Å². The second-order valence-electron chi connectivity index (χ2n) is 7.76. The molecule has 3 rings (SSSR count). The Morgan fingerprint density at radius 3 is 2.32 bits per heavy atom. The molecule has 0 aliphatic heterocycles. The number of ether oxygens (including phenoxy) is 1. The first-order valence-electron chi connectivity index (χ1n) is 9.74. The maximum absolute atomic E-state index is 12.6. The van der Waals surface area contributed by atoms with Crippen LogP contribution in [0.5, 0.6) is 5.75 Å². The zero-order valence-electron chi connectivity index (χ0n) is 16.5. The molecule has 2 amide bonds. The summed E-state index contributed by atoms with van der Waals surface area (Å²) in [6.45, 7) is 2.07. The van der Waals surface area contributed by atoms with Crippen LogP contribution in [0.4, 0.5) is 0 Å². The number of primary amides is 1. The van der Waals surface area contributed by atoms with Crippen LogP contribution in [0.1, 0.15) is 40.7 Å². The van der Waals surface area contributed by atoms with E-state index in [1.807, 2.05) is 0 Å². The van der Waals surface area contributed by atoms with Crippen LogP contribution in [0.25, 0.3) is 0 Å². The van der Waals surface area contributed by atoms with Crippen molar-refractivity contribution in [2.45, 2.75) is 38.6 Å². The molecule has 3 atom stereocenters. The Morgan fingerprint density at radius 1 is 1.04 bits per heavy atom. The van der Waals surface area contributed by atoms with Crippen molar-refractivity contribution < 1.29 is 14.3 Å². The van der Waals surface area contributed by atoms with Crippen LogP contribution in [0.15, 0.2) is 48.5 Å². The van der Waals surface area contributed by atoms with E-state index in [0.29, 0.717) is 23.7 Å². The molecule has 2 aromatic rings. The molecule has 0 radical (unpaired) electrons. The first-order chi connectivity index (χ1) is 13.4. The minimum Gasteiger partial charge on any atom is -0.497 e. The molecule has 3 N–H and O–H groups in total. The highest BCUT2D eigenvalue weighted by molar-refractivity contribution is 5.94. The molecular weight excluding hydrogens is 352 g/mol. The summed E-state index contributed by atoms with van der Waals surface area (Å²) in [6, 6.07) is 15.4. The summed E-state index contributed by atoms with van der Waals surface area (Å²) in [4.78, 5) is 24.5. The van der Waals surface area contributed by atoms with Crippen molar-refractivity contribution in [3.63, 3.8) is 0 Å². The largest absolute Gasteiger partial charge is 0.497 e. The predicted octanol–water partition coefficient (Wildman–Crippen LogP) is 3.25. The number of nitrogens with one attached hydrogen (secondary N) is 1. The van der Waals surface area contributed by atoms with Gasteiger partial charge in [0.15, 0.2) is 0 Å². The lowest BCUT2D eigenvalue weighted by Gasteiger charge is -2.34. The third-order valence-electron chi connectivity index (χ3n) is 5.54. The number of nitrogens with two attached hydrogens (primary N) is 1. The van der Waals surface area contributed by atoms with Gasteiger partial charge in [0.2, 0.25) is 5.91 Å². The summed E-state index contributed by atoms with van der Waals surface area (Å²) < 4.78 is 5.13. The predicted molar refractivity (Wildman–Crippen MR) is 109 cm³/mol. The fourth-order valence-corrected chi connectivity index (χ4v) is 4.02. The van der Waals surface area contributed by atoms with Gasteiger partial charge in [0.05, 0.1) is 7.11 Å². The molecule has 0 spiro atoms. The molecular formula is C23H28N2O3. The second-order valence-corrected chi connectivity index (χ2v) is 7.76. The van der Waals surface area contributed by atoms with Crippen LogP contribution in [0.3, 0.4) is 0 Å². The smallest absolute Gasteiger partial charge is 0.251 e. The van der Waals surface area contributed by atoms with Gasteiger partial charge in [-0.1, -0.05) is 29.8 Å². The fraction of sp³-hybridized carbons (Fsp3) is 0.391. The zero-order chi connectivity index (χ0) is 20.1. The summed E-state index contributed by atoms with van der Waals surface area (Å²) in [5.74, 6) is 0.408. The van der Waals surface area contributed by atoms with Gasteiger partial charge < -0.3 is 15.8 Å². The molecule has 28 heavy (non-hydrogen) atoms. The lowest BCUT2D eigenvalue weighted by Crippen LogP contribution is -2.44. The molecule has 1 fully saturated rings. The van der Waals surface area contributed by atoms with E-state index in [9.17, 15) is 9.59 Å². The van der Waals surface area contributed by atoms with E-state index < -0.39 is 0 Å². The lowest BCUT2D eigenvalue weighted by molar-refractivity contribution is -0.123. The standard InChI is InChI=1S/C23H28N2O3/c1-15-3-5-16(6-4-15)11-17-12-19(22(24)26)14-20(13-17)25-23(27)18-7-9-21(28-2)10-8-18/h3-10,17,19-20H,11-14H2,1-2H3,(H2,24,26)(H,25,27). The minimum absolute atomic E-state index is 0.0590. The van der Waals surface area contributed by atoms with Crippen molar-refractivity contribution in [1.29, 1.82) is 0 Å². The van der Waals surface area contributed by atoms with E-state index in [4.69, 9.17) is 10.5 Å². The van der Waals surface area contributed by atoms with Gasteiger partial charge in [-0.25, -0.2) is 0 Å². The van der Waals surface area contributed by atoms with Gasteiger partial charge in [-0.3, -0.25) is 9.59 Å². The Morgan fingerprint density at radius 2 is 1.71 bits per heavy atom. The molecule has 0 aromatic heterocycles. The number of methoxy groups -OCH3 is 1. The highest BCUT2D eigenvalue weighted by atomic mass is 16.5. The van der Waals surface area contributed by atoms with Crippen LogP contribution in [0.2, 0.25) is 0 Å². The molecule has 0 bridgehead atoms. The number of hydrogen-bond acceptors (Lipinski definition) is 3. The van der Waals surface area contributed by atoms with E-state index in [1.54, 1.807) is 31.4 Å². The SMILES string of the molecule is COc1ccc(C(=O)NC2CC(Cc3ccc(C)cc3)CC(C(N)=O)C2)cc1. The number of carbonyl (C=O) groups is 2. The van der Waals surface area contributed by atoms with Crippen molar-refractivity contribution in [1.82, 2.24) is 5.32 Å². The van der Waals surface area contributed by atoms with E-state index in [2.05, 4.69) is 36.5 Å². The maximum Gasteiger partial charge on any atom is 0.251 e. The van der Waals surface area contributed by atoms with Gasteiger partial charge in [0, 0.05) is 17.5 Å². The molecule has 0 heterocycles. The topological polar surface area (TPSA) is 81.4 Å². The Kier molecular flexibility index (Phi) is 6.34. The van der Waals surface area contributed by atoms with Crippen molar-refractivity contribution in [3.05, 3.63) is 65.2 Å². The molecule has 1 saturated carbocycles. The van der Waals surface area contributed by atoms with Gasteiger partial charge in [0.1, 0.15) is 5.75 Å². The zero-order valence-corrected chi connectivity index (χ0v) is 16.5. The molecule has 5 heteroatoms. The fourth-order valence-electron chi connectivity index (χ4n) is 4.02. The summed E-state index contributed by atoms with van der Waals surface area (Å²) in [5.41, 5.74) is 8.67. The van der Waals surface area contributed by atoms with Gasteiger partial charge in [-0.15, -0.1) is 0 Å². The monoisotopic (exact) mass is 380 g/mol. The second kappa shape index (κ2) is 8.91. The highest BCUT2D eigenvalue weighted by Gasteiger charge is 2.32. The Labute approximate surface area is 166 Å². The normalized spacial score (nSPS) is 21.7. The van der Waals surface area contributed by atoms with Crippen LogP contribution >= 0.6 is 0 Å². The van der Waals surface area contributed by atoms with Crippen molar-refractivity contribution >= 4 is 11.8 Å². The van der Waals surface area contributed by atoms with Gasteiger partial charge >= 0.3 is 0 Å². The number of benzene rings is 2. The average molecular weight is 380 g/mol. The maximum atomic E-state index is 12.6. The van der Waals surface area contributed by atoms with E-state index in [-0.39, 0.29) is 23.8 Å². The van der Waals surface area contributed by atoms with Gasteiger partial charge in [-0.2, -0.15) is 0 Å². The third kappa shape index (κ3) is 5.12. The summed E-state index contributed by atoms with van der Waals surface area (Å²) in [5, 5.41) is 3.09. The van der Waals surface area contributed by atoms with E-state index in [0.717, 1.165) is 19.3 Å². The number of hydrogen-bond donors (Lipinski definition) is 2. The Balaban J connectivity index is 1.67. The summed E-state index contributed by atoms with van der Waals surface area (Å²) in [7, 11) is 1.59. The Bertz CT molecular complexity index is 815. The third-order valence-corrected chi connectivity index (χ3v) is 5.54. The molecule has 148 valence electrons. The van der Waals surface area contributed by atoms with Crippen LogP contribution < -0.4 is 15.8 Å². The first-order valence-corrected chi connectivity index (χ1v) is 9.74. The quantitative estimate of drug-likeness (QED) is 0.807. The number of carbonyl (C=O) groups excluding carboxylic acids is 2. The lowest BCUT2D eigenvalue weighted by atomic mass is 9.75. The van der Waals surface area contributed by atoms with Gasteiger partial charge in [0.25, 0.3) is 5.91 Å². The molecule has 5 nitrogen and oxygen atoms in total. The van der Waals surface area contributed by atoms with Crippen molar-refractivity contribution in [2.24, 2.45) is 17.6 Å². The van der Waals surface area contributed by atoms with Crippen LogP contribution in [-0.2, 0) is 11.2 Å². The minimum atomic E-state index is -0.280. The number of aryl methyl sites for hydroxylation is 1. The molecule has 1 aliphatic rings. The van der Waals surface area contributed by atoms with E-state index >= 15 is 0 Å². The Hall–Kier alpha value is -2.82. The van der Waals surface area contributed by atoms with Crippen LogP contribution in [-0.4, -0.2) is 25.0 Å². The molecule has 0 saturated heterocycles. The first kappa shape index (κ1) is 19.9. The van der Waals surface area contributed by atoms with Crippen molar-refractivity contribution in [2.75, 3.05) is 7.11 Å². The molecule has 3 unspecified atom stereocenters. The van der Waals surface area contributed by atoms with Gasteiger partial charge in [-0.05, 0) is 68.4 Å². The highest BCUT2D eigenvalue weighted by Crippen LogP contribution is 2.32. The molecule has 1 aliphatic carbocycles. The summed E-state index contributed by atoms with van der Waals surface area (Å²) >= 11 is 0. The average Bonchev–Trinajstić information content (AvgIpc) is 2.69. The van der Waals surface area contributed by atoms with Crippen LogP contribution in [0, 0.1) is 18.8 Å².